The van der Waals surface area contributed by atoms with E-state index >= 15 is 0 Å². The summed E-state index contributed by atoms with van der Waals surface area (Å²) in [6.07, 6.45) is 7.78. The Morgan fingerprint density at radius 2 is 1.72 bits per heavy atom. The summed E-state index contributed by atoms with van der Waals surface area (Å²) in [5.41, 5.74) is 2.19. The van der Waals surface area contributed by atoms with Gasteiger partial charge in [-0.3, -0.25) is 9.69 Å². The number of nitrogens with zero attached hydrogens (tertiary/aromatic N) is 2. The van der Waals surface area contributed by atoms with E-state index in [0.29, 0.717) is 5.92 Å². The van der Waals surface area contributed by atoms with Crippen molar-refractivity contribution in [3.05, 3.63) is 65.7 Å². The van der Waals surface area contributed by atoms with Gasteiger partial charge in [0.15, 0.2) is 0 Å². The summed E-state index contributed by atoms with van der Waals surface area (Å²) in [7, 11) is 0. The van der Waals surface area contributed by atoms with Crippen LogP contribution in [0.1, 0.15) is 74.2 Å². The lowest BCUT2D eigenvalue weighted by molar-refractivity contribution is 0.0980. The molecule has 2 aliphatic rings. The molecule has 1 amide bonds. The predicted molar refractivity (Wildman–Crippen MR) is 136 cm³/mol. The molecule has 3 aromatic rings. The first-order valence-corrected chi connectivity index (χ1v) is 13.1. The van der Waals surface area contributed by atoms with Crippen molar-refractivity contribution in [2.75, 3.05) is 18.0 Å². The number of thiophene rings is 1. The Morgan fingerprint density at radius 1 is 0.938 bits per heavy atom. The zero-order valence-electron chi connectivity index (χ0n) is 19.3. The number of amides is 1. The summed E-state index contributed by atoms with van der Waals surface area (Å²) < 4.78 is 1.30. The van der Waals surface area contributed by atoms with Crippen molar-refractivity contribution < 1.29 is 4.79 Å². The molecule has 2 unspecified atom stereocenters. The van der Waals surface area contributed by atoms with Crippen LogP contribution in [0.25, 0.3) is 10.1 Å². The van der Waals surface area contributed by atoms with Crippen molar-refractivity contribution in [1.82, 2.24) is 4.90 Å². The number of piperidine rings is 1. The van der Waals surface area contributed by atoms with Crippen molar-refractivity contribution >= 4 is 32.3 Å². The number of hydrogen-bond donors (Lipinski definition) is 0. The monoisotopic (exact) mass is 446 g/mol. The highest BCUT2D eigenvalue weighted by Crippen LogP contribution is 2.47. The standard InChI is InChI=1S/C28H34N2OS/c1-20(2)30(27(31)22-10-4-3-5-11-22)28-26(24-13-6-7-14-25(24)32-28)21-15-16-23-12-8-9-18-29(23)19-17-21/h3-7,10-11,13-14,20-21,23H,8-9,12,15-19H2,1-2H3. The van der Waals surface area contributed by atoms with Crippen LogP contribution in [-0.2, 0) is 0 Å². The summed E-state index contributed by atoms with van der Waals surface area (Å²) in [5, 5.41) is 2.52. The molecule has 4 heteroatoms. The molecular weight excluding hydrogens is 412 g/mol. The van der Waals surface area contributed by atoms with Crippen LogP contribution in [0.4, 0.5) is 5.00 Å². The van der Waals surface area contributed by atoms with E-state index in [1.54, 1.807) is 11.3 Å². The van der Waals surface area contributed by atoms with E-state index in [2.05, 4.69) is 47.9 Å². The second-order valence-electron chi connectivity index (χ2n) is 9.70. The lowest BCUT2D eigenvalue weighted by Crippen LogP contribution is -2.38. The third-order valence-electron chi connectivity index (χ3n) is 7.36. The number of hydrogen-bond acceptors (Lipinski definition) is 3. The normalized spacial score (nSPS) is 22.0. The summed E-state index contributed by atoms with van der Waals surface area (Å²) >= 11 is 1.80. The van der Waals surface area contributed by atoms with Gasteiger partial charge < -0.3 is 4.90 Å². The minimum atomic E-state index is 0.103. The van der Waals surface area contributed by atoms with Gasteiger partial charge in [0.05, 0.1) is 0 Å². The molecule has 2 fully saturated rings. The topological polar surface area (TPSA) is 23.6 Å². The predicted octanol–water partition coefficient (Wildman–Crippen LogP) is 7.08. The summed E-state index contributed by atoms with van der Waals surface area (Å²) in [4.78, 5) is 18.5. The molecule has 2 aromatic carbocycles. The number of rotatable bonds is 4. The summed E-state index contributed by atoms with van der Waals surface area (Å²) in [5.74, 6) is 0.621. The average Bonchev–Trinajstić information content (AvgIpc) is 3.05. The van der Waals surface area contributed by atoms with Gasteiger partial charge in [0.1, 0.15) is 5.00 Å². The molecule has 2 atom stereocenters. The Hall–Kier alpha value is -2.17. The van der Waals surface area contributed by atoms with Gasteiger partial charge in [-0.05, 0) is 94.1 Å². The third kappa shape index (κ3) is 4.11. The molecule has 5 rings (SSSR count). The largest absolute Gasteiger partial charge is 0.300 e. The second kappa shape index (κ2) is 9.36. The number of carbonyl (C=O) groups is 1. The molecule has 3 heterocycles. The quantitative estimate of drug-likeness (QED) is 0.427. The van der Waals surface area contributed by atoms with Crippen molar-refractivity contribution in [1.29, 1.82) is 0 Å². The van der Waals surface area contributed by atoms with E-state index in [0.717, 1.165) is 11.6 Å². The first-order chi connectivity index (χ1) is 15.6. The van der Waals surface area contributed by atoms with E-state index in [1.807, 2.05) is 30.3 Å². The highest BCUT2D eigenvalue weighted by molar-refractivity contribution is 7.23. The first kappa shape index (κ1) is 21.7. The maximum atomic E-state index is 13.7. The number of benzene rings is 2. The number of fused-ring (bicyclic) bond motifs is 2. The lowest BCUT2D eigenvalue weighted by Gasteiger charge is -2.33. The van der Waals surface area contributed by atoms with Gasteiger partial charge in [0.25, 0.3) is 5.91 Å². The van der Waals surface area contributed by atoms with Crippen LogP contribution in [-0.4, -0.2) is 36.0 Å². The maximum Gasteiger partial charge on any atom is 0.259 e. The molecule has 32 heavy (non-hydrogen) atoms. The zero-order valence-corrected chi connectivity index (χ0v) is 20.1. The van der Waals surface area contributed by atoms with Crippen LogP contribution in [0.15, 0.2) is 54.6 Å². The molecule has 3 nitrogen and oxygen atoms in total. The van der Waals surface area contributed by atoms with Gasteiger partial charge in [-0.1, -0.05) is 42.8 Å². The van der Waals surface area contributed by atoms with E-state index in [1.165, 1.54) is 72.3 Å². The molecule has 1 aromatic heterocycles. The van der Waals surface area contributed by atoms with Crippen molar-refractivity contribution in [3.63, 3.8) is 0 Å². The Labute approximate surface area is 196 Å². The minimum Gasteiger partial charge on any atom is -0.300 e. The van der Waals surface area contributed by atoms with Gasteiger partial charge in [0.2, 0.25) is 0 Å². The number of anilines is 1. The van der Waals surface area contributed by atoms with Gasteiger partial charge in [-0.15, -0.1) is 11.3 Å². The van der Waals surface area contributed by atoms with E-state index in [4.69, 9.17) is 0 Å². The van der Waals surface area contributed by atoms with Crippen LogP contribution >= 0.6 is 11.3 Å². The Morgan fingerprint density at radius 3 is 2.53 bits per heavy atom. The molecular formula is C28H34N2OS. The van der Waals surface area contributed by atoms with Gasteiger partial charge in [0, 0.05) is 22.3 Å². The highest BCUT2D eigenvalue weighted by Gasteiger charge is 2.33. The molecule has 0 N–H and O–H groups in total. The van der Waals surface area contributed by atoms with Gasteiger partial charge >= 0.3 is 0 Å². The maximum absolute atomic E-state index is 13.7. The van der Waals surface area contributed by atoms with E-state index in [9.17, 15) is 4.79 Å². The first-order valence-electron chi connectivity index (χ1n) is 12.3. The van der Waals surface area contributed by atoms with Crippen LogP contribution < -0.4 is 4.90 Å². The van der Waals surface area contributed by atoms with Crippen LogP contribution in [0, 0.1) is 0 Å². The minimum absolute atomic E-state index is 0.103. The fourth-order valence-electron chi connectivity index (χ4n) is 5.74. The summed E-state index contributed by atoms with van der Waals surface area (Å²) in [6.45, 7) is 6.73. The van der Waals surface area contributed by atoms with E-state index < -0.39 is 0 Å². The zero-order chi connectivity index (χ0) is 22.1. The molecule has 0 bridgehead atoms. The molecule has 2 aliphatic heterocycles. The SMILES string of the molecule is CC(C)N(C(=O)c1ccccc1)c1sc2ccccc2c1C1CCC2CCCCN2CC1. The van der Waals surface area contributed by atoms with Crippen molar-refractivity contribution in [3.8, 4) is 0 Å². The van der Waals surface area contributed by atoms with E-state index in [-0.39, 0.29) is 11.9 Å². The van der Waals surface area contributed by atoms with Crippen LogP contribution in [0.5, 0.6) is 0 Å². The van der Waals surface area contributed by atoms with Crippen LogP contribution in [0.3, 0.4) is 0 Å². The lowest BCUT2D eigenvalue weighted by atomic mass is 9.89. The Kier molecular flexibility index (Phi) is 6.34. The summed E-state index contributed by atoms with van der Waals surface area (Å²) in [6, 6.07) is 19.4. The van der Waals surface area contributed by atoms with Gasteiger partial charge in [-0.25, -0.2) is 0 Å². The fourth-order valence-corrected chi connectivity index (χ4v) is 7.16. The molecule has 0 aliphatic carbocycles. The van der Waals surface area contributed by atoms with Crippen molar-refractivity contribution in [2.24, 2.45) is 0 Å². The third-order valence-corrected chi connectivity index (χ3v) is 8.55. The average molecular weight is 447 g/mol. The number of carbonyl (C=O) groups excluding carboxylic acids is 1. The van der Waals surface area contributed by atoms with Crippen molar-refractivity contribution in [2.45, 2.75) is 70.4 Å². The van der Waals surface area contributed by atoms with Gasteiger partial charge in [-0.2, -0.15) is 0 Å². The van der Waals surface area contributed by atoms with Crippen LogP contribution in [0.2, 0.25) is 0 Å². The Bertz CT molecular complexity index is 1060. The Balaban J connectivity index is 1.57. The molecule has 0 saturated carbocycles. The fraction of sp³-hybridized carbons (Fsp3) is 0.464. The molecule has 168 valence electrons. The molecule has 0 radical (unpaired) electrons. The highest BCUT2D eigenvalue weighted by atomic mass is 32.1. The molecule has 0 spiro atoms. The molecule has 2 saturated heterocycles. The second-order valence-corrected chi connectivity index (χ2v) is 10.7. The smallest absolute Gasteiger partial charge is 0.259 e.